The summed E-state index contributed by atoms with van der Waals surface area (Å²) < 4.78 is 10.5. The molecule has 1 fully saturated rings. The highest BCUT2D eigenvalue weighted by atomic mass is 16.5. The maximum Gasteiger partial charge on any atom is 0.257 e. The molecule has 0 aromatic heterocycles. The number of carbonyl (C=O) groups is 1. The number of aliphatic hydroxyl groups is 1. The average Bonchev–Trinajstić information content (AvgIpc) is 2.43. The standard InChI is InChI=1S/C15H21NO4/c1-16(9-10-7-11(17)8-10)15(18)12-5-4-6-13(19-2)14(12)20-3/h4-6,10-11,17H,7-9H2,1-3H3. The molecule has 1 aromatic carbocycles. The normalized spacial score (nSPS) is 21.0. The van der Waals surface area contributed by atoms with Crippen molar-refractivity contribution in [3.63, 3.8) is 0 Å². The average molecular weight is 279 g/mol. The molecule has 0 saturated heterocycles. The van der Waals surface area contributed by atoms with Gasteiger partial charge in [-0.25, -0.2) is 0 Å². The smallest absolute Gasteiger partial charge is 0.257 e. The molecule has 0 atom stereocenters. The van der Waals surface area contributed by atoms with Crippen molar-refractivity contribution in [1.82, 2.24) is 4.90 Å². The fourth-order valence-corrected chi connectivity index (χ4v) is 2.58. The van der Waals surface area contributed by atoms with Gasteiger partial charge in [0.25, 0.3) is 5.91 Å². The van der Waals surface area contributed by atoms with Crippen molar-refractivity contribution in [2.75, 3.05) is 27.8 Å². The lowest BCUT2D eigenvalue weighted by atomic mass is 9.82. The van der Waals surface area contributed by atoms with Crippen molar-refractivity contribution in [2.24, 2.45) is 5.92 Å². The summed E-state index contributed by atoms with van der Waals surface area (Å²) in [4.78, 5) is 14.2. The highest BCUT2D eigenvalue weighted by Gasteiger charge is 2.30. The Kier molecular flexibility index (Phi) is 4.49. The number of amides is 1. The Hall–Kier alpha value is -1.75. The van der Waals surface area contributed by atoms with Crippen molar-refractivity contribution < 1.29 is 19.4 Å². The second-order valence-corrected chi connectivity index (χ2v) is 5.22. The molecule has 1 aliphatic carbocycles. The number of ether oxygens (including phenoxy) is 2. The number of aliphatic hydroxyl groups excluding tert-OH is 1. The van der Waals surface area contributed by atoms with Gasteiger partial charge in [-0.3, -0.25) is 4.79 Å². The Balaban J connectivity index is 2.11. The van der Waals surface area contributed by atoms with Crippen LogP contribution < -0.4 is 9.47 Å². The second-order valence-electron chi connectivity index (χ2n) is 5.22. The molecule has 5 heteroatoms. The predicted octanol–water partition coefficient (Wildman–Crippen LogP) is 1.55. The Morgan fingerprint density at radius 3 is 2.60 bits per heavy atom. The zero-order valence-corrected chi connectivity index (χ0v) is 12.1. The summed E-state index contributed by atoms with van der Waals surface area (Å²) in [6.45, 7) is 0.649. The van der Waals surface area contributed by atoms with Crippen LogP contribution in [0.25, 0.3) is 0 Å². The first-order valence-electron chi connectivity index (χ1n) is 6.71. The first-order valence-corrected chi connectivity index (χ1v) is 6.71. The van der Waals surface area contributed by atoms with E-state index in [1.165, 1.54) is 7.11 Å². The Labute approximate surface area is 119 Å². The summed E-state index contributed by atoms with van der Waals surface area (Å²) in [5.41, 5.74) is 0.495. The van der Waals surface area contributed by atoms with Gasteiger partial charge in [0.05, 0.1) is 25.9 Å². The summed E-state index contributed by atoms with van der Waals surface area (Å²) in [5, 5.41) is 9.30. The third kappa shape index (κ3) is 2.88. The van der Waals surface area contributed by atoms with Gasteiger partial charge in [0, 0.05) is 13.6 Å². The molecule has 110 valence electrons. The molecular formula is C15H21NO4. The summed E-state index contributed by atoms with van der Waals surface area (Å²) in [7, 11) is 4.84. The topological polar surface area (TPSA) is 59.0 Å². The van der Waals surface area contributed by atoms with Crippen LogP contribution in [0.5, 0.6) is 11.5 Å². The molecule has 0 spiro atoms. The van der Waals surface area contributed by atoms with Crippen molar-refractivity contribution in [1.29, 1.82) is 0 Å². The molecule has 1 aliphatic rings. The van der Waals surface area contributed by atoms with Gasteiger partial charge in [-0.1, -0.05) is 6.07 Å². The largest absolute Gasteiger partial charge is 0.493 e. The van der Waals surface area contributed by atoms with Crippen LogP contribution in [0.3, 0.4) is 0 Å². The van der Waals surface area contributed by atoms with Crippen LogP contribution in [0, 0.1) is 5.92 Å². The molecule has 5 nitrogen and oxygen atoms in total. The number of para-hydroxylation sites is 1. The van der Waals surface area contributed by atoms with E-state index < -0.39 is 0 Å². The molecule has 2 rings (SSSR count). The first-order chi connectivity index (χ1) is 9.56. The molecule has 1 amide bonds. The van der Waals surface area contributed by atoms with Crippen molar-refractivity contribution in [2.45, 2.75) is 18.9 Å². The zero-order valence-electron chi connectivity index (χ0n) is 12.1. The maximum absolute atomic E-state index is 12.5. The number of hydrogen-bond acceptors (Lipinski definition) is 4. The van der Waals surface area contributed by atoms with Crippen molar-refractivity contribution >= 4 is 5.91 Å². The van der Waals surface area contributed by atoms with E-state index in [1.54, 1.807) is 37.3 Å². The van der Waals surface area contributed by atoms with E-state index in [2.05, 4.69) is 0 Å². The van der Waals surface area contributed by atoms with E-state index in [4.69, 9.17) is 9.47 Å². The van der Waals surface area contributed by atoms with Gasteiger partial charge >= 0.3 is 0 Å². The fraction of sp³-hybridized carbons (Fsp3) is 0.533. The van der Waals surface area contributed by atoms with Crippen LogP contribution in [0.1, 0.15) is 23.2 Å². The van der Waals surface area contributed by atoms with E-state index in [1.807, 2.05) is 0 Å². The minimum Gasteiger partial charge on any atom is -0.493 e. The third-order valence-corrected chi connectivity index (χ3v) is 3.72. The fourth-order valence-electron chi connectivity index (χ4n) is 2.58. The van der Waals surface area contributed by atoms with Crippen molar-refractivity contribution in [3.05, 3.63) is 23.8 Å². The Bertz CT molecular complexity index is 483. The van der Waals surface area contributed by atoms with Gasteiger partial charge in [-0.2, -0.15) is 0 Å². The van der Waals surface area contributed by atoms with Gasteiger partial charge in [0.15, 0.2) is 11.5 Å². The lowest BCUT2D eigenvalue weighted by molar-refractivity contribution is 0.0264. The monoisotopic (exact) mass is 279 g/mol. The number of benzene rings is 1. The number of carbonyl (C=O) groups excluding carboxylic acids is 1. The van der Waals surface area contributed by atoms with Crippen LogP contribution in [-0.2, 0) is 0 Å². The molecule has 20 heavy (non-hydrogen) atoms. The van der Waals surface area contributed by atoms with Crippen LogP contribution in [0.4, 0.5) is 0 Å². The molecule has 1 aromatic rings. The van der Waals surface area contributed by atoms with E-state index >= 15 is 0 Å². The summed E-state index contributed by atoms with van der Waals surface area (Å²) >= 11 is 0. The zero-order chi connectivity index (χ0) is 14.7. The van der Waals surface area contributed by atoms with Crippen LogP contribution in [-0.4, -0.2) is 49.8 Å². The minimum absolute atomic E-state index is 0.0952. The van der Waals surface area contributed by atoms with Gasteiger partial charge in [-0.05, 0) is 30.9 Å². The quantitative estimate of drug-likeness (QED) is 0.888. The number of hydrogen-bond donors (Lipinski definition) is 1. The Morgan fingerprint density at radius 2 is 2.05 bits per heavy atom. The Morgan fingerprint density at radius 1 is 1.35 bits per heavy atom. The first kappa shape index (κ1) is 14.7. The van der Waals surface area contributed by atoms with E-state index in [-0.39, 0.29) is 12.0 Å². The molecule has 0 bridgehead atoms. The minimum atomic E-state index is -0.199. The highest BCUT2D eigenvalue weighted by molar-refractivity contribution is 5.97. The molecule has 0 heterocycles. The van der Waals surface area contributed by atoms with Crippen molar-refractivity contribution in [3.8, 4) is 11.5 Å². The maximum atomic E-state index is 12.5. The van der Waals surface area contributed by atoms with Gasteiger partial charge in [0.1, 0.15) is 0 Å². The molecule has 0 radical (unpaired) electrons. The molecule has 0 unspecified atom stereocenters. The van der Waals surface area contributed by atoms with Crippen LogP contribution >= 0.6 is 0 Å². The summed E-state index contributed by atoms with van der Waals surface area (Å²) in [5.74, 6) is 1.30. The van der Waals surface area contributed by atoms with E-state index in [9.17, 15) is 9.90 Å². The van der Waals surface area contributed by atoms with Crippen LogP contribution in [0.2, 0.25) is 0 Å². The van der Waals surface area contributed by atoms with E-state index in [0.29, 0.717) is 29.5 Å². The third-order valence-electron chi connectivity index (χ3n) is 3.72. The van der Waals surface area contributed by atoms with Crippen LogP contribution in [0.15, 0.2) is 18.2 Å². The SMILES string of the molecule is COc1cccc(C(=O)N(C)CC2CC(O)C2)c1OC. The molecule has 0 aliphatic heterocycles. The number of nitrogens with zero attached hydrogens (tertiary/aromatic N) is 1. The highest BCUT2D eigenvalue weighted by Crippen LogP contribution is 2.32. The predicted molar refractivity (Wildman–Crippen MR) is 75.2 cm³/mol. The number of rotatable bonds is 5. The van der Waals surface area contributed by atoms with Gasteiger partial charge in [0.2, 0.25) is 0 Å². The lowest BCUT2D eigenvalue weighted by Crippen LogP contribution is -2.39. The molecular weight excluding hydrogens is 258 g/mol. The second kappa shape index (κ2) is 6.13. The summed E-state index contributed by atoms with van der Waals surface area (Å²) in [6.07, 6.45) is 1.34. The summed E-state index contributed by atoms with van der Waals surface area (Å²) in [6, 6.07) is 5.27. The molecule has 1 saturated carbocycles. The lowest BCUT2D eigenvalue weighted by Gasteiger charge is -2.34. The number of methoxy groups -OCH3 is 2. The molecule has 1 N–H and O–H groups in total. The van der Waals surface area contributed by atoms with Gasteiger partial charge in [-0.15, -0.1) is 0 Å². The van der Waals surface area contributed by atoms with Gasteiger partial charge < -0.3 is 19.5 Å². The van der Waals surface area contributed by atoms with E-state index in [0.717, 1.165) is 12.8 Å².